The molecule has 0 radical (unpaired) electrons. The molecule has 0 amide bonds. The number of rotatable bonds is 8. The van der Waals surface area contributed by atoms with Crippen LogP contribution in [0.3, 0.4) is 0 Å². The highest BCUT2D eigenvalue weighted by Gasteiger charge is 2.42. The molecule has 6 nitrogen and oxygen atoms in total. The van der Waals surface area contributed by atoms with Crippen molar-refractivity contribution in [2.24, 2.45) is 4.99 Å². The van der Waals surface area contributed by atoms with Gasteiger partial charge < -0.3 is 15.4 Å². The number of aryl methyl sites for hydroxylation is 1. The van der Waals surface area contributed by atoms with Gasteiger partial charge in [-0.15, -0.1) is 0 Å². The molecule has 0 unspecified atom stereocenters. The van der Waals surface area contributed by atoms with Gasteiger partial charge in [-0.05, 0) is 38.2 Å². The minimum Gasteiger partial charge on any atom is -0.381 e. The van der Waals surface area contributed by atoms with Crippen molar-refractivity contribution in [3.63, 3.8) is 0 Å². The standard InChI is InChI=1S/C19H31N3O3S/c1-3-20-18(21-13-7-10-17-8-5-4-6-9-17)22-16-19(26(2,23)24)11-14-25-15-12-19/h4-6,8-9H,3,7,10-16H2,1-2H3,(H2,20,21,22). The molecule has 2 rings (SSSR count). The van der Waals surface area contributed by atoms with Crippen LogP contribution in [-0.4, -0.2) is 58.2 Å². The fourth-order valence-electron chi connectivity index (χ4n) is 3.10. The summed E-state index contributed by atoms with van der Waals surface area (Å²) in [5, 5.41) is 6.51. The van der Waals surface area contributed by atoms with Crippen LogP contribution in [0.5, 0.6) is 0 Å². The Hall–Kier alpha value is -1.60. The average molecular weight is 382 g/mol. The molecule has 1 saturated heterocycles. The second-order valence-corrected chi connectivity index (χ2v) is 9.19. The van der Waals surface area contributed by atoms with Crippen molar-refractivity contribution in [1.82, 2.24) is 10.6 Å². The molecule has 1 aromatic carbocycles. The summed E-state index contributed by atoms with van der Waals surface area (Å²) < 4.78 is 29.2. The molecule has 0 saturated carbocycles. The number of benzene rings is 1. The Morgan fingerprint density at radius 3 is 2.50 bits per heavy atom. The topological polar surface area (TPSA) is 79.8 Å². The summed E-state index contributed by atoms with van der Waals surface area (Å²) in [7, 11) is -3.20. The number of aliphatic imine (C=N–C) groups is 1. The van der Waals surface area contributed by atoms with E-state index in [9.17, 15) is 8.42 Å². The summed E-state index contributed by atoms with van der Waals surface area (Å²) in [5.41, 5.74) is 1.31. The van der Waals surface area contributed by atoms with Crippen molar-refractivity contribution >= 4 is 15.8 Å². The van der Waals surface area contributed by atoms with E-state index in [0.29, 0.717) is 32.0 Å². The number of hydrogen-bond acceptors (Lipinski definition) is 4. The Labute approximate surface area is 157 Å². The van der Waals surface area contributed by atoms with Gasteiger partial charge in [0.1, 0.15) is 0 Å². The van der Waals surface area contributed by atoms with Crippen molar-refractivity contribution in [2.45, 2.75) is 37.4 Å². The third-order valence-corrected chi connectivity index (χ3v) is 6.95. The first kappa shape index (κ1) is 20.7. The summed E-state index contributed by atoms with van der Waals surface area (Å²) in [6, 6.07) is 10.4. The van der Waals surface area contributed by atoms with Crippen LogP contribution in [0.15, 0.2) is 35.3 Å². The van der Waals surface area contributed by atoms with Crippen LogP contribution in [0.4, 0.5) is 0 Å². The molecule has 7 heteroatoms. The molecule has 2 N–H and O–H groups in total. The Morgan fingerprint density at radius 1 is 1.19 bits per heavy atom. The van der Waals surface area contributed by atoms with Crippen molar-refractivity contribution in [1.29, 1.82) is 0 Å². The Morgan fingerprint density at radius 2 is 1.88 bits per heavy atom. The Balaban J connectivity index is 1.92. The van der Waals surface area contributed by atoms with Crippen molar-refractivity contribution < 1.29 is 13.2 Å². The van der Waals surface area contributed by atoms with Gasteiger partial charge in [0.25, 0.3) is 0 Å². The lowest BCUT2D eigenvalue weighted by molar-refractivity contribution is 0.0768. The maximum Gasteiger partial charge on any atom is 0.191 e. The molecule has 0 bridgehead atoms. The lowest BCUT2D eigenvalue weighted by Crippen LogP contribution is -2.47. The average Bonchev–Trinajstić information content (AvgIpc) is 2.64. The molecule has 1 aromatic rings. The third-order valence-electron chi connectivity index (χ3n) is 4.84. The zero-order valence-corrected chi connectivity index (χ0v) is 16.6. The molecule has 1 fully saturated rings. The lowest BCUT2D eigenvalue weighted by Gasteiger charge is -2.34. The quantitative estimate of drug-likeness (QED) is 0.408. The predicted octanol–water partition coefficient (Wildman–Crippen LogP) is 1.77. The van der Waals surface area contributed by atoms with Gasteiger partial charge in [-0.1, -0.05) is 30.3 Å². The number of sulfone groups is 1. The number of guanidine groups is 1. The van der Waals surface area contributed by atoms with Crippen LogP contribution in [0.2, 0.25) is 0 Å². The second-order valence-electron chi connectivity index (χ2n) is 6.78. The maximum absolute atomic E-state index is 12.3. The number of nitrogens with one attached hydrogen (secondary N) is 2. The van der Waals surface area contributed by atoms with Gasteiger partial charge in [-0.25, -0.2) is 8.42 Å². The minimum atomic E-state index is -3.20. The lowest BCUT2D eigenvalue weighted by atomic mass is 9.99. The SMILES string of the molecule is CCNC(=NCC1(S(C)(=O)=O)CCOCC1)NCCCc1ccccc1. The highest BCUT2D eigenvalue weighted by molar-refractivity contribution is 7.92. The van der Waals surface area contributed by atoms with Gasteiger partial charge in [0, 0.05) is 32.6 Å². The van der Waals surface area contributed by atoms with E-state index in [1.165, 1.54) is 11.8 Å². The van der Waals surface area contributed by atoms with E-state index in [2.05, 4.69) is 27.8 Å². The first-order chi connectivity index (χ1) is 12.5. The van der Waals surface area contributed by atoms with E-state index in [4.69, 9.17) is 4.74 Å². The number of nitrogens with zero attached hydrogens (tertiary/aromatic N) is 1. The van der Waals surface area contributed by atoms with Gasteiger partial charge in [0.15, 0.2) is 15.8 Å². The first-order valence-corrected chi connectivity index (χ1v) is 11.2. The predicted molar refractivity (Wildman–Crippen MR) is 106 cm³/mol. The molecule has 0 aromatic heterocycles. The van der Waals surface area contributed by atoms with Crippen LogP contribution in [0.1, 0.15) is 31.7 Å². The number of ether oxygens (including phenoxy) is 1. The van der Waals surface area contributed by atoms with Crippen molar-refractivity contribution in [3.8, 4) is 0 Å². The van der Waals surface area contributed by atoms with E-state index in [1.807, 2.05) is 25.1 Å². The van der Waals surface area contributed by atoms with Crippen LogP contribution in [-0.2, 0) is 21.0 Å². The first-order valence-electron chi connectivity index (χ1n) is 9.30. The normalized spacial score (nSPS) is 17.7. The monoisotopic (exact) mass is 381 g/mol. The molecule has 0 atom stereocenters. The fraction of sp³-hybridized carbons (Fsp3) is 0.632. The van der Waals surface area contributed by atoms with E-state index >= 15 is 0 Å². The smallest absolute Gasteiger partial charge is 0.191 e. The molecule has 1 aliphatic rings. The van der Waals surface area contributed by atoms with E-state index in [0.717, 1.165) is 25.9 Å². The molecule has 1 aliphatic heterocycles. The Kier molecular flexibility index (Phi) is 7.90. The summed E-state index contributed by atoms with van der Waals surface area (Å²) in [5.74, 6) is 0.676. The third kappa shape index (κ3) is 5.99. The van der Waals surface area contributed by atoms with E-state index in [-0.39, 0.29) is 6.54 Å². The number of hydrogen-bond donors (Lipinski definition) is 2. The van der Waals surface area contributed by atoms with Crippen LogP contribution >= 0.6 is 0 Å². The molecule has 0 aliphatic carbocycles. The summed E-state index contributed by atoms with van der Waals surface area (Å²) >= 11 is 0. The molecule has 0 spiro atoms. The molecule has 1 heterocycles. The van der Waals surface area contributed by atoms with Crippen molar-refractivity contribution in [3.05, 3.63) is 35.9 Å². The molecule has 26 heavy (non-hydrogen) atoms. The van der Waals surface area contributed by atoms with Gasteiger partial charge in [-0.3, -0.25) is 4.99 Å². The largest absolute Gasteiger partial charge is 0.381 e. The minimum absolute atomic E-state index is 0.267. The summed E-state index contributed by atoms with van der Waals surface area (Å²) in [6.45, 7) is 4.74. The second kappa shape index (κ2) is 9.92. The van der Waals surface area contributed by atoms with Gasteiger partial charge in [0.2, 0.25) is 0 Å². The fourth-order valence-corrected chi connectivity index (χ4v) is 4.31. The zero-order valence-electron chi connectivity index (χ0n) is 15.8. The highest BCUT2D eigenvalue weighted by atomic mass is 32.2. The molecular weight excluding hydrogens is 350 g/mol. The summed E-state index contributed by atoms with van der Waals surface area (Å²) in [6.07, 6.45) is 4.30. The molecular formula is C19H31N3O3S. The van der Waals surface area contributed by atoms with Gasteiger partial charge >= 0.3 is 0 Å². The van der Waals surface area contributed by atoms with Gasteiger partial charge in [-0.2, -0.15) is 0 Å². The Bertz CT molecular complexity index is 669. The maximum atomic E-state index is 12.3. The van der Waals surface area contributed by atoms with Crippen LogP contribution < -0.4 is 10.6 Å². The van der Waals surface area contributed by atoms with Crippen LogP contribution in [0.25, 0.3) is 0 Å². The van der Waals surface area contributed by atoms with Crippen molar-refractivity contribution in [2.75, 3.05) is 39.1 Å². The highest BCUT2D eigenvalue weighted by Crippen LogP contribution is 2.29. The zero-order chi connectivity index (χ0) is 18.9. The summed E-state index contributed by atoms with van der Waals surface area (Å²) in [4.78, 5) is 4.58. The van der Waals surface area contributed by atoms with Crippen LogP contribution in [0, 0.1) is 0 Å². The van der Waals surface area contributed by atoms with E-state index < -0.39 is 14.6 Å². The van der Waals surface area contributed by atoms with E-state index in [1.54, 1.807) is 0 Å². The van der Waals surface area contributed by atoms with Gasteiger partial charge in [0.05, 0.1) is 11.3 Å². The molecule has 146 valence electrons.